The number of aromatic amines is 1. The number of H-pyrrole nitrogens is 1. The van der Waals surface area contributed by atoms with Crippen LogP contribution in [-0.2, 0) is 22.4 Å². The van der Waals surface area contributed by atoms with Crippen LogP contribution in [0.5, 0.6) is 0 Å². The van der Waals surface area contributed by atoms with E-state index in [4.69, 9.17) is 9.26 Å². The predicted octanol–water partition coefficient (Wildman–Crippen LogP) is 3.86. The van der Waals surface area contributed by atoms with Gasteiger partial charge in [-0.25, -0.2) is 0 Å². The van der Waals surface area contributed by atoms with Crippen molar-refractivity contribution in [2.75, 3.05) is 26.3 Å². The summed E-state index contributed by atoms with van der Waals surface area (Å²) in [6, 6.07) is 8.15. The number of fused-ring (bicyclic) bond motifs is 1. The van der Waals surface area contributed by atoms with Gasteiger partial charge in [0.25, 0.3) is 0 Å². The molecule has 0 aliphatic carbocycles. The van der Waals surface area contributed by atoms with Gasteiger partial charge in [-0.2, -0.15) is 4.98 Å². The average Bonchev–Trinajstić information content (AvgIpc) is 3.46. The van der Waals surface area contributed by atoms with E-state index in [2.05, 4.69) is 21.2 Å². The highest BCUT2D eigenvalue weighted by Crippen LogP contribution is 2.27. The number of benzene rings is 1. The number of ether oxygens (including phenoxy) is 1. The van der Waals surface area contributed by atoms with E-state index in [1.165, 1.54) is 0 Å². The van der Waals surface area contributed by atoms with Crippen LogP contribution >= 0.6 is 0 Å². The molecule has 2 saturated heterocycles. The lowest BCUT2D eigenvalue weighted by atomic mass is 9.91. The minimum atomic E-state index is 0.225. The van der Waals surface area contributed by atoms with Crippen molar-refractivity contribution in [3.63, 3.8) is 0 Å². The number of aryl methyl sites for hydroxylation is 1. The average molecular weight is 423 g/mol. The SMILES string of the molecule is O=C(Cc1c[nH]c2ccccc12)N1CCC(CCc2noc(C3CCOCC3)n2)CC1. The molecule has 2 aliphatic rings. The molecule has 31 heavy (non-hydrogen) atoms. The third-order valence-electron chi connectivity index (χ3n) is 6.81. The van der Waals surface area contributed by atoms with E-state index >= 15 is 0 Å². The van der Waals surface area contributed by atoms with E-state index in [1.54, 1.807) is 0 Å². The molecule has 0 bridgehead atoms. The number of rotatable bonds is 6. The third-order valence-corrected chi connectivity index (χ3v) is 6.81. The Labute approximate surface area is 182 Å². The summed E-state index contributed by atoms with van der Waals surface area (Å²) in [5, 5.41) is 5.34. The normalized spacial score (nSPS) is 18.6. The second-order valence-corrected chi connectivity index (χ2v) is 8.83. The van der Waals surface area contributed by atoms with Gasteiger partial charge < -0.3 is 19.1 Å². The number of nitrogens with one attached hydrogen (secondary N) is 1. The molecule has 0 radical (unpaired) electrons. The van der Waals surface area contributed by atoms with Gasteiger partial charge in [0.2, 0.25) is 11.8 Å². The maximum atomic E-state index is 12.8. The summed E-state index contributed by atoms with van der Waals surface area (Å²) in [4.78, 5) is 22.7. The van der Waals surface area contributed by atoms with Crippen molar-refractivity contribution in [1.29, 1.82) is 0 Å². The molecule has 1 amide bonds. The fourth-order valence-electron chi connectivity index (χ4n) is 4.84. The summed E-state index contributed by atoms with van der Waals surface area (Å²) in [7, 11) is 0. The number of carbonyl (C=O) groups excluding carboxylic acids is 1. The Bertz CT molecular complexity index is 1010. The third kappa shape index (κ3) is 4.66. The number of nitrogens with zero attached hydrogens (tertiary/aromatic N) is 3. The van der Waals surface area contributed by atoms with E-state index in [-0.39, 0.29) is 5.91 Å². The Morgan fingerprint density at radius 3 is 2.77 bits per heavy atom. The van der Waals surface area contributed by atoms with Crippen molar-refractivity contribution in [1.82, 2.24) is 20.0 Å². The first-order chi connectivity index (χ1) is 15.3. The second-order valence-electron chi connectivity index (χ2n) is 8.83. The minimum absolute atomic E-state index is 0.225. The van der Waals surface area contributed by atoms with Gasteiger partial charge in [0.05, 0.1) is 6.42 Å². The number of carbonyl (C=O) groups is 1. The summed E-state index contributed by atoms with van der Waals surface area (Å²) in [6.45, 7) is 3.23. The highest BCUT2D eigenvalue weighted by Gasteiger charge is 2.25. The molecule has 7 heteroatoms. The number of hydrogen-bond donors (Lipinski definition) is 1. The quantitative estimate of drug-likeness (QED) is 0.652. The van der Waals surface area contributed by atoms with E-state index < -0.39 is 0 Å². The Morgan fingerprint density at radius 2 is 1.94 bits per heavy atom. The largest absolute Gasteiger partial charge is 0.381 e. The van der Waals surface area contributed by atoms with E-state index in [0.29, 0.717) is 18.3 Å². The minimum Gasteiger partial charge on any atom is -0.381 e. The smallest absolute Gasteiger partial charge is 0.229 e. The van der Waals surface area contributed by atoms with Gasteiger partial charge in [0, 0.05) is 55.7 Å². The van der Waals surface area contributed by atoms with E-state index in [0.717, 1.165) is 93.0 Å². The van der Waals surface area contributed by atoms with Gasteiger partial charge in [-0.15, -0.1) is 0 Å². The van der Waals surface area contributed by atoms with E-state index in [1.807, 2.05) is 29.3 Å². The molecule has 164 valence electrons. The molecule has 2 fully saturated rings. The van der Waals surface area contributed by atoms with Crippen LogP contribution in [0.15, 0.2) is 35.0 Å². The van der Waals surface area contributed by atoms with Crippen molar-refractivity contribution < 1.29 is 14.1 Å². The summed E-state index contributed by atoms with van der Waals surface area (Å²) in [6.07, 6.45) is 8.35. The zero-order chi connectivity index (χ0) is 21.0. The monoisotopic (exact) mass is 422 g/mol. The molecule has 4 heterocycles. The molecular weight excluding hydrogens is 392 g/mol. The van der Waals surface area contributed by atoms with Crippen molar-refractivity contribution in [2.24, 2.45) is 5.92 Å². The van der Waals surface area contributed by atoms with Crippen LogP contribution in [0.3, 0.4) is 0 Å². The van der Waals surface area contributed by atoms with Gasteiger partial charge in [0.1, 0.15) is 0 Å². The van der Waals surface area contributed by atoms with Gasteiger partial charge in [-0.3, -0.25) is 4.79 Å². The molecule has 0 unspecified atom stereocenters. The van der Waals surface area contributed by atoms with Gasteiger partial charge in [-0.1, -0.05) is 23.4 Å². The van der Waals surface area contributed by atoms with Crippen molar-refractivity contribution >= 4 is 16.8 Å². The van der Waals surface area contributed by atoms with Crippen molar-refractivity contribution in [2.45, 2.75) is 50.9 Å². The van der Waals surface area contributed by atoms with Crippen LogP contribution in [-0.4, -0.2) is 52.2 Å². The number of aromatic nitrogens is 3. The molecule has 2 aliphatic heterocycles. The highest BCUT2D eigenvalue weighted by molar-refractivity contribution is 5.88. The number of amides is 1. The first kappa shape index (κ1) is 20.2. The molecule has 0 saturated carbocycles. The van der Waals surface area contributed by atoms with Gasteiger partial charge in [-0.05, 0) is 49.7 Å². The number of para-hydroxylation sites is 1. The zero-order valence-corrected chi connectivity index (χ0v) is 17.9. The molecule has 1 aromatic carbocycles. The predicted molar refractivity (Wildman–Crippen MR) is 117 cm³/mol. The molecule has 2 aromatic heterocycles. The summed E-state index contributed by atoms with van der Waals surface area (Å²) >= 11 is 0. The molecule has 0 spiro atoms. The molecular formula is C24H30N4O3. The Morgan fingerprint density at radius 1 is 1.13 bits per heavy atom. The van der Waals surface area contributed by atoms with Gasteiger partial charge in [0.15, 0.2) is 5.82 Å². The first-order valence-corrected chi connectivity index (χ1v) is 11.5. The van der Waals surface area contributed by atoms with E-state index in [9.17, 15) is 4.79 Å². The molecule has 1 N–H and O–H groups in total. The molecule has 0 atom stereocenters. The molecule has 7 nitrogen and oxygen atoms in total. The highest BCUT2D eigenvalue weighted by atomic mass is 16.5. The van der Waals surface area contributed by atoms with Crippen LogP contribution in [0.1, 0.15) is 55.3 Å². The number of hydrogen-bond acceptors (Lipinski definition) is 5. The first-order valence-electron chi connectivity index (χ1n) is 11.5. The maximum Gasteiger partial charge on any atom is 0.229 e. The van der Waals surface area contributed by atoms with Crippen LogP contribution in [0.4, 0.5) is 0 Å². The molecule has 5 rings (SSSR count). The van der Waals surface area contributed by atoms with Crippen molar-refractivity contribution in [3.05, 3.63) is 47.7 Å². The lowest BCUT2D eigenvalue weighted by Crippen LogP contribution is -2.39. The lowest BCUT2D eigenvalue weighted by Gasteiger charge is -2.32. The summed E-state index contributed by atoms with van der Waals surface area (Å²) < 4.78 is 10.9. The number of piperidine rings is 1. The lowest BCUT2D eigenvalue weighted by molar-refractivity contribution is -0.131. The van der Waals surface area contributed by atoms with Crippen LogP contribution in [0, 0.1) is 5.92 Å². The van der Waals surface area contributed by atoms with Crippen LogP contribution < -0.4 is 0 Å². The van der Waals surface area contributed by atoms with Crippen molar-refractivity contribution in [3.8, 4) is 0 Å². The molecule has 3 aromatic rings. The number of likely N-dealkylation sites (tertiary alicyclic amines) is 1. The fourth-order valence-corrected chi connectivity index (χ4v) is 4.84. The van der Waals surface area contributed by atoms with Crippen LogP contribution in [0.25, 0.3) is 10.9 Å². The summed E-state index contributed by atoms with van der Waals surface area (Å²) in [5.41, 5.74) is 2.17. The fraction of sp³-hybridized carbons (Fsp3) is 0.542. The Hall–Kier alpha value is -2.67. The Kier molecular flexibility index (Phi) is 6.02. The zero-order valence-electron chi connectivity index (χ0n) is 17.9. The van der Waals surface area contributed by atoms with Gasteiger partial charge >= 0.3 is 0 Å². The second kappa shape index (κ2) is 9.22. The van der Waals surface area contributed by atoms with Crippen LogP contribution in [0.2, 0.25) is 0 Å². The topological polar surface area (TPSA) is 84.2 Å². The standard InChI is InChI=1S/C24H30N4O3/c29-23(15-19-16-25-21-4-2-1-3-20(19)21)28-11-7-17(8-12-28)5-6-22-26-24(31-27-22)18-9-13-30-14-10-18/h1-4,16-18,25H,5-15H2. The Balaban J connectivity index is 1.08. The summed E-state index contributed by atoms with van der Waals surface area (Å²) in [5.74, 6) is 2.78. The maximum absolute atomic E-state index is 12.8.